The van der Waals surface area contributed by atoms with Crippen LogP contribution in [-0.4, -0.2) is 43.4 Å². The summed E-state index contributed by atoms with van der Waals surface area (Å²) in [6.07, 6.45) is 1.82. The van der Waals surface area contributed by atoms with Crippen LogP contribution in [0, 0.1) is 0 Å². The summed E-state index contributed by atoms with van der Waals surface area (Å²) in [5.74, 6) is -0.471. The van der Waals surface area contributed by atoms with Crippen molar-refractivity contribution < 1.29 is 14.0 Å². The number of carbonyl (C=O) groups is 2. The fraction of sp³-hybridized carbons (Fsp3) is 0.250. The molecular weight excluding hydrogens is 378 g/mol. The Balaban J connectivity index is 1.71. The Morgan fingerprint density at radius 3 is 2.20 bits per heavy atom. The molecule has 3 rings (SSSR count). The number of likely N-dealkylation sites (N-methyl/N-ethyl adjacent to an activating group) is 1. The molecule has 156 valence electrons. The molecular formula is C24H27N3O3. The van der Waals surface area contributed by atoms with E-state index in [1.54, 1.807) is 12.1 Å². The van der Waals surface area contributed by atoms with Gasteiger partial charge in [-0.1, -0.05) is 60.7 Å². The van der Waals surface area contributed by atoms with Crippen molar-refractivity contribution >= 4 is 11.8 Å². The summed E-state index contributed by atoms with van der Waals surface area (Å²) in [5, 5.41) is 5.81. The molecule has 2 unspecified atom stereocenters. The van der Waals surface area contributed by atoms with Gasteiger partial charge in [-0.3, -0.25) is 9.59 Å². The molecule has 0 radical (unpaired) electrons. The molecule has 2 amide bonds. The Hall–Kier alpha value is -3.38. The number of amides is 2. The average Bonchev–Trinajstić information content (AvgIpc) is 3.30. The lowest BCUT2D eigenvalue weighted by Crippen LogP contribution is -2.49. The number of nitrogens with zero attached hydrogens (tertiary/aromatic N) is 1. The van der Waals surface area contributed by atoms with Crippen molar-refractivity contribution in [3.8, 4) is 0 Å². The molecule has 1 heterocycles. The summed E-state index contributed by atoms with van der Waals surface area (Å²) >= 11 is 0. The zero-order valence-corrected chi connectivity index (χ0v) is 17.2. The van der Waals surface area contributed by atoms with Crippen LogP contribution in [0.5, 0.6) is 0 Å². The molecule has 0 fully saturated rings. The van der Waals surface area contributed by atoms with Crippen LogP contribution in [-0.2, 0) is 11.2 Å². The van der Waals surface area contributed by atoms with E-state index >= 15 is 0 Å². The standard InChI is InChI=1S/C24H27N3O3/c1-27(2)21(19-12-7-4-8-13-19)17-25-23(28)20(16-18-10-5-3-6-11-18)26-24(29)22-14-9-15-30-22/h3-15,20-21H,16-17H2,1-2H3,(H,25,28)(H,26,29). The van der Waals surface area contributed by atoms with Gasteiger partial charge >= 0.3 is 0 Å². The van der Waals surface area contributed by atoms with E-state index in [1.807, 2.05) is 74.8 Å². The Bertz CT molecular complexity index is 925. The van der Waals surface area contributed by atoms with Crippen molar-refractivity contribution in [3.63, 3.8) is 0 Å². The van der Waals surface area contributed by atoms with Crippen molar-refractivity contribution in [2.24, 2.45) is 0 Å². The highest BCUT2D eigenvalue weighted by Gasteiger charge is 2.24. The third-order valence-electron chi connectivity index (χ3n) is 4.93. The van der Waals surface area contributed by atoms with Crippen LogP contribution in [0.1, 0.15) is 27.7 Å². The zero-order chi connectivity index (χ0) is 21.3. The smallest absolute Gasteiger partial charge is 0.287 e. The summed E-state index contributed by atoms with van der Waals surface area (Å²) in [5.41, 5.74) is 2.08. The molecule has 0 spiro atoms. The van der Waals surface area contributed by atoms with Gasteiger partial charge in [-0.15, -0.1) is 0 Å². The highest BCUT2D eigenvalue weighted by molar-refractivity contribution is 5.95. The van der Waals surface area contributed by atoms with Crippen molar-refractivity contribution in [1.82, 2.24) is 15.5 Å². The van der Waals surface area contributed by atoms with Crippen molar-refractivity contribution in [1.29, 1.82) is 0 Å². The van der Waals surface area contributed by atoms with Crippen LogP contribution >= 0.6 is 0 Å². The fourth-order valence-corrected chi connectivity index (χ4v) is 3.29. The first-order chi connectivity index (χ1) is 14.5. The SMILES string of the molecule is CN(C)C(CNC(=O)C(Cc1ccccc1)NC(=O)c1ccco1)c1ccccc1. The van der Waals surface area contributed by atoms with E-state index in [9.17, 15) is 9.59 Å². The number of rotatable bonds is 9. The van der Waals surface area contributed by atoms with Crippen molar-refractivity contribution in [3.05, 3.63) is 95.9 Å². The maximum Gasteiger partial charge on any atom is 0.287 e. The zero-order valence-electron chi connectivity index (χ0n) is 17.2. The molecule has 0 bridgehead atoms. The monoisotopic (exact) mass is 405 g/mol. The summed E-state index contributed by atoms with van der Waals surface area (Å²) in [6, 6.07) is 22.1. The first-order valence-corrected chi connectivity index (χ1v) is 9.92. The van der Waals surface area contributed by atoms with Gasteiger partial charge in [0.05, 0.1) is 12.3 Å². The first-order valence-electron chi connectivity index (χ1n) is 9.92. The second-order valence-corrected chi connectivity index (χ2v) is 7.33. The third kappa shape index (κ3) is 5.81. The number of hydrogen-bond acceptors (Lipinski definition) is 4. The maximum atomic E-state index is 13.0. The number of benzene rings is 2. The van der Waals surface area contributed by atoms with E-state index in [4.69, 9.17) is 4.42 Å². The third-order valence-corrected chi connectivity index (χ3v) is 4.93. The summed E-state index contributed by atoms with van der Waals surface area (Å²) in [6.45, 7) is 0.428. The van der Waals surface area contributed by atoms with Crippen LogP contribution in [0.15, 0.2) is 83.5 Å². The highest BCUT2D eigenvalue weighted by atomic mass is 16.3. The minimum atomic E-state index is -0.719. The van der Waals surface area contributed by atoms with Gasteiger partial charge in [-0.05, 0) is 37.4 Å². The lowest BCUT2D eigenvalue weighted by molar-refractivity contribution is -0.123. The van der Waals surface area contributed by atoms with Crippen LogP contribution in [0.25, 0.3) is 0 Å². The molecule has 0 aliphatic carbocycles. The van der Waals surface area contributed by atoms with Gasteiger partial charge in [0.1, 0.15) is 6.04 Å². The van der Waals surface area contributed by atoms with Crippen molar-refractivity contribution in [2.45, 2.75) is 18.5 Å². The lowest BCUT2D eigenvalue weighted by atomic mass is 10.0. The van der Waals surface area contributed by atoms with Gasteiger partial charge in [0.15, 0.2) is 5.76 Å². The molecule has 1 aromatic heterocycles. The van der Waals surface area contributed by atoms with Gasteiger partial charge in [0.25, 0.3) is 5.91 Å². The molecule has 0 saturated carbocycles. The molecule has 3 aromatic rings. The van der Waals surface area contributed by atoms with Gasteiger partial charge in [0, 0.05) is 13.0 Å². The summed E-state index contributed by atoms with van der Waals surface area (Å²) in [4.78, 5) is 27.6. The number of furan rings is 1. The topological polar surface area (TPSA) is 74.6 Å². The Labute approximate surface area is 176 Å². The first kappa shape index (κ1) is 21.3. The second-order valence-electron chi connectivity index (χ2n) is 7.33. The van der Waals surface area contributed by atoms with Crippen LogP contribution in [0.4, 0.5) is 0 Å². The molecule has 2 aromatic carbocycles. The minimum Gasteiger partial charge on any atom is -0.459 e. The number of carbonyl (C=O) groups excluding carboxylic acids is 2. The highest BCUT2D eigenvalue weighted by Crippen LogP contribution is 2.17. The van der Waals surface area contributed by atoms with E-state index in [0.717, 1.165) is 11.1 Å². The minimum absolute atomic E-state index is 0.0216. The average molecular weight is 405 g/mol. The van der Waals surface area contributed by atoms with E-state index in [0.29, 0.717) is 13.0 Å². The largest absolute Gasteiger partial charge is 0.459 e. The van der Waals surface area contributed by atoms with Crippen LogP contribution in [0.3, 0.4) is 0 Å². The van der Waals surface area contributed by atoms with Crippen LogP contribution < -0.4 is 10.6 Å². The number of hydrogen-bond donors (Lipinski definition) is 2. The van der Waals surface area contributed by atoms with E-state index < -0.39 is 11.9 Å². The molecule has 6 nitrogen and oxygen atoms in total. The van der Waals surface area contributed by atoms with Crippen LogP contribution in [0.2, 0.25) is 0 Å². The molecule has 0 saturated heterocycles. The Morgan fingerprint density at radius 1 is 0.933 bits per heavy atom. The van der Waals surface area contributed by atoms with Crippen molar-refractivity contribution in [2.75, 3.05) is 20.6 Å². The van der Waals surface area contributed by atoms with Gasteiger partial charge in [-0.2, -0.15) is 0 Å². The predicted octanol–water partition coefficient (Wildman–Crippen LogP) is 3.04. The van der Waals surface area contributed by atoms with E-state index in [1.165, 1.54) is 6.26 Å². The van der Waals surface area contributed by atoms with E-state index in [-0.39, 0.29) is 17.7 Å². The number of nitrogens with one attached hydrogen (secondary N) is 2. The quantitative estimate of drug-likeness (QED) is 0.574. The fourth-order valence-electron chi connectivity index (χ4n) is 3.29. The lowest BCUT2D eigenvalue weighted by Gasteiger charge is -2.26. The molecule has 6 heteroatoms. The molecule has 30 heavy (non-hydrogen) atoms. The normalized spacial score (nSPS) is 12.9. The molecule has 0 aliphatic rings. The summed E-state index contributed by atoms with van der Waals surface area (Å²) < 4.78 is 5.16. The van der Waals surface area contributed by atoms with Gasteiger partial charge in [0.2, 0.25) is 5.91 Å². The Kier molecular flexibility index (Phi) is 7.40. The van der Waals surface area contributed by atoms with E-state index in [2.05, 4.69) is 15.5 Å². The summed E-state index contributed by atoms with van der Waals surface area (Å²) in [7, 11) is 3.95. The maximum absolute atomic E-state index is 13.0. The second kappa shape index (κ2) is 10.4. The van der Waals surface area contributed by atoms with Gasteiger partial charge in [-0.25, -0.2) is 0 Å². The molecule has 0 aliphatic heterocycles. The predicted molar refractivity (Wildman–Crippen MR) is 116 cm³/mol. The Morgan fingerprint density at radius 2 is 1.60 bits per heavy atom. The molecule has 2 N–H and O–H groups in total. The molecule has 2 atom stereocenters. The van der Waals surface area contributed by atoms with Gasteiger partial charge < -0.3 is 20.0 Å².